The summed E-state index contributed by atoms with van der Waals surface area (Å²) in [5, 5.41) is 8.18. The molecular formula is C16H18ClN3O4S. The van der Waals surface area contributed by atoms with E-state index in [-0.39, 0.29) is 11.5 Å². The van der Waals surface area contributed by atoms with Crippen LogP contribution in [0.25, 0.3) is 0 Å². The maximum Gasteiger partial charge on any atom is 0.251 e. The third kappa shape index (κ3) is 4.34. The lowest BCUT2D eigenvalue weighted by molar-refractivity contribution is -0.116. The van der Waals surface area contributed by atoms with E-state index in [1.165, 1.54) is 25.6 Å². The molecule has 0 saturated heterocycles. The molecule has 0 aliphatic rings. The predicted octanol–water partition coefficient (Wildman–Crippen LogP) is 2.96. The fourth-order valence-corrected chi connectivity index (χ4v) is 3.13. The van der Waals surface area contributed by atoms with Crippen molar-refractivity contribution in [1.82, 2.24) is 0 Å². The molecule has 134 valence electrons. The number of rotatable bonds is 7. The van der Waals surface area contributed by atoms with Gasteiger partial charge in [0.15, 0.2) is 0 Å². The van der Waals surface area contributed by atoms with Crippen molar-refractivity contribution in [3.8, 4) is 11.5 Å². The lowest BCUT2D eigenvalue weighted by atomic mass is 10.2. The molecule has 0 bridgehead atoms. The number of benzene rings is 1. The number of primary amides is 1. The SMILES string of the molecule is COc1cc(OC)c(N[C@@H](C)C(=O)Nc2sccc2C(N)=O)cc1Cl. The van der Waals surface area contributed by atoms with Gasteiger partial charge in [-0.1, -0.05) is 11.6 Å². The first-order chi connectivity index (χ1) is 11.9. The fraction of sp³-hybridized carbons (Fsp3) is 0.250. The third-order valence-corrected chi connectivity index (χ3v) is 4.53. The molecule has 0 spiro atoms. The highest BCUT2D eigenvalue weighted by Crippen LogP contribution is 2.36. The fourth-order valence-electron chi connectivity index (χ4n) is 2.09. The van der Waals surface area contributed by atoms with Crippen LogP contribution in [0.2, 0.25) is 5.02 Å². The first kappa shape index (κ1) is 18.9. The van der Waals surface area contributed by atoms with Gasteiger partial charge >= 0.3 is 0 Å². The highest BCUT2D eigenvalue weighted by molar-refractivity contribution is 7.14. The van der Waals surface area contributed by atoms with E-state index in [4.69, 9.17) is 26.8 Å². The summed E-state index contributed by atoms with van der Waals surface area (Å²) in [6.07, 6.45) is 0. The third-order valence-electron chi connectivity index (χ3n) is 3.41. The van der Waals surface area contributed by atoms with Crippen molar-refractivity contribution in [2.45, 2.75) is 13.0 Å². The summed E-state index contributed by atoms with van der Waals surface area (Å²) < 4.78 is 10.4. The van der Waals surface area contributed by atoms with Crippen LogP contribution in [0, 0.1) is 0 Å². The molecule has 2 aromatic rings. The average Bonchev–Trinajstić information content (AvgIpc) is 3.03. The molecule has 4 N–H and O–H groups in total. The molecule has 1 atom stereocenters. The predicted molar refractivity (Wildman–Crippen MR) is 99.1 cm³/mol. The van der Waals surface area contributed by atoms with E-state index in [0.29, 0.717) is 27.2 Å². The normalized spacial score (nSPS) is 11.5. The van der Waals surface area contributed by atoms with Gasteiger partial charge in [-0.15, -0.1) is 11.3 Å². The Hall–Kier alpha value is -2.45. The van der Waals surface area contributed by atoms with E-state index < -0.39 is 11.9 Å². The van der Waals surface area contributed by atoms with E-state index >= 15 is 0 Å². The highest BCUT2D eigenvalue weighted by atomic mass is 35.5. The molecule has 1 aromatic heterocycles. The average molecular weight is 384 g/mol. The summed E-state index contributed by atoms with van der Waals surface area (Å²) in [6.45, 7) is 1.67. The Balaban J connectivity index is 2.14. The molecule has 9 heteroatoms. The number of carbonyl (C=O) groups is 2. The largest absolute Gasteiger partial charge is 0.495 e. The number of amides is 2. The number of anilines is 2. The van der Waals surface area contributed by atoms with Crippen molar-refractivity contribution in [3.05, 3.63) is 34.2 Å². The van der Waals surface area contributed by atoms with Crippen LogP contribution in [-0.4, -0.2) is 32.1 Å². The Morgan fingerprint density at radius 3 is 2.52 bits per heavy atom. The number of hydrogen-bond donors (Lipinski definition) is 3. The number of ether oxygens (including phenoxy) is 2. The zero-order valence-electron chi connectivity index (χ0n) is 13.9. The van der Waals surface area contributed by atoms with Crippen LogP contribution in [0.15, 0.2) is 23.6 Å². The molecular weight excluding hydrogens is 366 g/mol. The van der Waals surface area contributed by atoms with Crippen molar-refractivity contribution >= 4 is 45.4 Å². The zero-order valence-corrected chi connectivity index (χ0v) is 15.5. The number of thiophene rings is 1. The van der Waals surface area contributed by atoms with Gasteiger partial charge in [-0.2, -0.15) is 0 Å². The summed E-state index contributed by atoms with van der Waals surface area (Å²) in [4.78, 5) is 23.7. The second kappa shape index (κ2) is 8.09. The van der Waals surface area contributed by atoms with Crippen LogP contribution in [0.4, 0.5) is 10.7 Å². The topological polar surface area (TPSA) is 103 Å². The first-order valence-electron chi connectivity index (χ1n) is 7.23. The Kier molecular flexibility index (Phi) is 6.11. The number of carbonyl (C=O) groups excluding carboxylic acids is 2. The molecule has 0 aliphatic carbocycles. The molecule has 0 radical (unpaired) electrons. The molecule has 2 rings (SSSR count). The van der Waals surface area contributed by atoms with Crippen molar-refractivity contribution in [3.63, 3.8) is 0 Å². The number of nitrogens with two attached hydrogens (primary N) is 1. The molecule has 2 amide bonds. The van der Waals surface area contributed by atoms with Crippen LogP contribution < -0.4 is 25.8 Å². The zero-order chi connectivity index (χ0) is 18.6. The minimum Gasteiger partial charge on any atom is -0.495 e. The molecule has 0 saturated carbocycles. The lowest BCUT2D eigenvalue weighted by Gasteiger charge is -2.18. The summed E-state index contributed by atoms with van der Waals surface area (Å²) >= 11 is 7.34. The maximum atomic E-state index is 12.4. The van der Waals surface area contributed by atoms with E-state index in [2.05, 4.69) is 10.6 Å². The van der Waals surface area contributed by atoms with E-state index in [9.17, 15) is 9.59 Å². The second-order valence-electron chi connectivity index (χ2n) is 5.07. The smallest absolute Gasteiger partial charge is 0.251 e. The van der Waals surface area contributed by atoms with Gasteiger partial charge in [-0.05, 0) is 24.4 Å². The number of methoxy groups -OCH3 is 2. The minimum absolute atomic E-state index is 0.274. The first-order valence-corrected chi connectivity index (χ1v) is 8.49. The minimum atomic E-state index is -0.624. The summed E-state index contributed by atoms with van der Waals surface area (Å²) in [6, 6.07) is 4.18. The standard InChI is InChI=1S/C16H18ClN3O4S/c1-8(15(22)20-16-9(14(18)21)4-5-25-16)19-11-6-10(17)12(23-2)7-13(11)24-3/h4-8,19H,1-3H3,(H2,18,21)(H,20,22)/t8-/m0/s1. The van der Waals surface area contributed by atoms with Gasteiger partial charge in [0, 0.05) is 6.07 Å². The highest BCUT2D eigenvalue weighted by Gasteiger charge is 2.19. The van der Waals surface area contributed by atoms with Gasteiger partial charge in [0.25, 0.3) is 5.91 Å². The Labute approximate surface area is 154 Å². The van der Waals surface area contributed by atoms with Crippen LogP contribution in [0.1, 0.15) is 17.3 Å². The molecule has 0 unspecified atom stereocenters. The molecule has 0 aliphatic heterocycles. The number of halogens is 1. The van der Waals surface area contributed by atoms with Gasteiger partial charge in [0.05, 0.1) is 30.5 Å². The van der Waals surface area contributed by atoms with Crippen LogP contribution in [0.5, 0.6) is 11.5 Å². The maximum absolute atomic E-state index is 12.4. The number of hydrogen-bond acceptors (Lipinski definition) is 6. The Morgan fingerprint density at radius 2 is 1.92 bits per heavy atom. The lowest BCUT2D eigenvalue weighted by Crippen LogP contribution is -2.32. The summed E-state index contributed by atoms with van der Waals surface area (Å²) in [5.74, 6) is 0.0143. The van der Waals surface area contributed by atoms with Crippen molar-refractivity contribution < 1.29 is 19.1 Å². The van der Waals surface area contributed by atoms with Gasteiger partial charge in [-0.3, -0.25) is 9.59 Å². The monoisotopic (exact) mass is 383 g/mol. The van der Waals surface area contributed by atoms with Gasteiger partial charge in [-0.25, -0.2) is 0 Å². The van der Waals surface area contributed by atoms with E-state index in [0.717, 1.165) is 0 Å². The van der Waals surface area contributed by atoms with E-state index in [1.807, 2.05) is 0 Å². The van der Waals surface area contributed by atoms with Gasteiger partial charge in [0.1, 0.15) is 22.5 Å². The van der Waals surface area contributed by atoms with Gasteiger partial charge < -0.3 is 25.8 Å². The molecule has 1 aromatic carbocycles. The van der Waals surface area contributed by atoms with Crippen molar-refractivity contribution in [1.29, 1.82) is 0 Å². The Morgan fingerprint density at radius 1 is 1.24 bits per heavy atom. The molecule has 0 fully saturated rings. The van der Waals surface area contributed by atoms with Crippen molar-refractivity contribution in [2.24, 2.45) is 5.73 Å². The summed E-state index contributed by atoms with van der Waals surface area (Å²) in [7, 11) is 3.00. The van der Waals surface area contributed by atoms with E-state index in [1.54, 1.807) is 30.5 Å². The quantitative estimate of drug-likeness (QED) is 0.682. The van der Waals surface area contributed by atoms with Crippen LogP contribution in [0.3, 0.4) is 0 Å². The molecule has 1 heterocycles. The molecule has 7 nitrogen and oxygen atoms in total. The summed E-state index contributed by atoms with van der Waals surface area (Å²) in [5.41, 5.74) is 6.09. The molecule has 25 heavy (non-hydrogen) atoms. The second-order valence-corrected chi connectivity index (χ2v) is 6.39. The van der Waals surface area contributed by atoms with Crippen molar-refractivity contribution in [2.75, 3.05) is 24.9 Å². The van der Waals surface area contributed by atoms with Crippen LogP contribution in [-0.2, 0) is 4.79 Å². The van der Waals surface area contributed by atoms with Gasteiger partial charge in [0.2, 0.25) is 5.91 Å². The van der Waals surface area contributed by atoms with Crippen LogP contribution >= 0.6 is 22.9 Å². The Bertz CT molecular complexity index is 794. The number of nitrogens with one attached hydrogen (secondary N) is 2.